The van der Waals surface area contributed by atoms with Crippen LogP contribution in [-0.2, 0) is 25.7 Å². The minimum Gasteiger partial charge on any atom is -0.265 e. The topological polar surface area (TPSA) is 77.3 Å². The average molecular weight is 595 g/mol. The van der Waals surface area contributed by atoms with Gasteiger partial charge in [-0.2, -0.15) is 0 Å². The molecule has 6 heteroatoms. The number of hydrogen-bond donors (Lipinski definition) is 0. The summed E-state index contributed by atoms with van der Waals surface area (Å²) in [6.45, 7) is 28.6. The molecule has 3 heterocycles. The van der Waals surface area contributed by atoms with E-state index in [0.29, 0.717) is 0 Å². The van der Waals surface area contributed by atoms with Crippen LogP contribution in [0.2, 0.25) is 0 Å². The number of pyridine rings is 1. The third kappa shape index (κ3) is 38.5. The normalized spacial score (nSPS) is 7.77. The second-order valence-electron chi connectivity index (χ2n) is 7.18. The van der Waals surface area contributed by atoms with E-state index in [2.05, 4.69) is 81.9 Å². The van der Waals surface area contributed by atoms with E-state index in [1.165, 1.54) is 30.2 Å². The molecular weight excluding hydrogens is 528 g/mol. The van der Waals surface area contributed by atoms with Crippen molar-refractivity contribution in [2.24, 2.45) is 0 Å². The lowest BCUT2D eigenvalue weighted by molar-refractivity contribution is 0.896. The summed E-state index contributed by atoms with van der Waals surface area (Å²) >= 11 is 0. The summed E-state index contributed by atoms with van der Waals surface area (Å²) in [6, 6.07) is 16.3. The molecule has 0 N–H and O–H groups in total. The molecule has 0 saturated heterocycles. The number of hydrogen-bond acceptors (Lipinski definition) is 6. The van der Waals surface area contributed by atoms with E-state index in [4.69, 9.17) is 0 Å². The third-order valence-corrected chi connectivity index (χ3v) is 4.21. The summed E-state index contributed by atoms with van der Waals surface area (Å²) in [4.78, 5) is 23.3. The van der Waals surface area contributed by atoms with Gasteiger partial charge in [-0.15, -0.1) is 0 Å². The van der Waals surface area contributed by atoms with Crippen LogP contribution < -0.4 is 0 Å². The van der Waals surface area contributed by atoms with Crippen molar-refractivity contribution in [2.45, 2.75) is 129 Å². The molecule has 0 aliphatic heterocycles. The molecule has 4 rings (SSSR count). The van der Waals surface area contributed by atoms with Gasteiger partial charge >= 0.3 is 0 Å². The van der Waals surface area contributed by atoms with Crippen LogP contribution in [0.5, 0.6) is 0 Å². The van der Waals surface area contributed by atoms with Crippen molar-refractivity contribution in [2.75, 3.05) is 0 Å². The highest BCUT2D eigenvalue weighted by Gasteiger charge is 1.85. The van der Waals surface area contributed by atoms with Gasteiger partial charge in [0.15, 0.2) is 0 Å². The Bertz CT molecular complexity index is 764. The molecule has 1 aromatic carbocycles. The SMILES string of the molecule is CC.CC.CC.CC.CCC.CCc1ccccc1.CCc1ccncc1.CCc1ncccn1.CCc1ncncn1. The number of nitrogens with zero attached hydrogens (tertiary/aromatic N) is 6. The van der Waals surface area contributed by atoms with Gasteiger partial charge in [0.2, 0.25) is 0 Å². The van der Waals surface area contributed by atoms with Gasteiger partial charge in [-0.25, -0.2) is 24.9 Å². The molecule has 0 fully saturated rings. The lowest BCUT2D eigenvalue weighted by Gasteiger charge is -1.89. The first-order chi connectivity index (χ1) is 21.1. The zero-order valence-corrected chi connectivity index (χ0v) is 30.3. The van der Waals surface area contributed by atoms with Crippen molar-refractivity contribution in [3.63, 3.8) is 0 Å². The first-order valence-corrected chi connectivity index (χ1v) is 16.4. The number of benzene rings is 1. The van der Waals surface area contributed by atoms with Crippen LogP contribution in [0.3, 0.4) is 0 Å². The molecule has 3 aromatic heterocycles. The summed E-state index contributed by atoms with van der Waals surface area (Å²) in [5.74, 6) is 1.76. The lowest BCUT2D eigenvalue weighted by atomic mass is 10.2. The number of aryl methyl sites for hydroxylation is 4. The molecule has 6 nitrogen and oxygen atoms in total. The predicted molar refractivity (Wildman–Crippen MR) is 191 cm³/mol. The molecule has 4 aromatic rings. The van der Waals surface area contributed by atoms with Crippen molar-refractivity contribution in [1.29, 1.82) is 0 Å². The molecule has 0 radical (unpaired) electrons. The molecule has 43 heavy (non-hydrogen) atoms. The zero-order valence-electron chi connectivity index (χ0n) is 30.3. The fourth-order valence-electron chi connectivity index (χ4n) is 2.29. The quantitative estimate of drug-likeness (QED) is 0.234. The highest BCUT2D eigenvalue weighted by Crippen LogP contribution is 1.97. The summed E-state index contributed by atoms with van der Waals surface area (Å²) in [7, 11) is 0. The van der Waals surface area contributed by atoms with E-state index < -0.39 is 0 Å². The third-order valence-electron chi connectivity index (χ3n) is 4.21. The van der Waals surface area contributed by atoms with Gasteiger partial charge in [0.1, 0.15) is 24.3 Å². The van der Waals surface area contributed by atoms with Crippen LogP contribution in [0.1, 0.15) is 126 Å². The van der Waals surface area contributed by atoms with Crippen molar-refractivity contribution in [3.8, 4) is 0 Å². The molecule has 0 saturated carbocycles. The van der Waals surface area contributed by atoms with Crippen LogP contribution >= 0.6 is 0 Å². The van der Waals surface area contributed by atoms with E-state index in [1.807, 2.05) is 106 Å². The van der Waals surface area contributed by atoms with Gasteiger partial charge in [0.25, 0.3) is 0 Å². The Morgan fingerprint density at radius 2 is 0.767 bits per heavy atom. The van der Waals surface area contributed by atoms with Crippen molar-refractivity contribution < 1.29 is 0 Å². The van der Waals surface area contributed by atoms with Crippen molar-refractivity contribution in [1.82, 2.24) is 29.9 Å². The molecule has 244 valence electrons. The minimum absolute atomic E-state index is 0.847. The Kier molecular flexibility index (Phi) is 55.1. The second-order valence-corrected chi connectivity index (χ2v) is 7.18. The Morgan fingerprint density at radius 1 is 0.395 bits per heavy atom. The van der Waals surface area contributed by atoms with E-state index in [9.17, 15) is 0 Å². The predicted octanol–water partition coefficient (Wildman–Crippen LogP) is 10.9. The van der Waals surface area contributed by atoms with Crippen LogP contribution in [-0.4, -0.2) is 29.9 Å². The van der Waals surface area contributed by atoms with E-state index in [1.54, 1.807) is 12.4 Å². The molecule has 0 bridgehead atoms. The fraction of sp³-hybridized carbons (Fsp3) is 0.514. The second kappa shape index (κ2) is 48.2. The number of aromatic nitrogens is 6. The lowest BCUT2D eigenvalue weighted by Crippen LogP contribution is -1.90. The maximum atomic E-state index is 3.99. The van der Waals surface area contributed by atoms with Gasteiger partial charge in [0, 0.05) is 37.6 Å². The molecular formula is C37H66N6. The molecule has 0 aliphatic carbocycles. The van der Waals surface area contributed by atoms with Gasteiger partial charge in [-0.3, -0.25) is 4.98 Å². The van der Waals surface area contributed by atoms with E-state index >= 15 is 0 Å². The minimum atomic E-state index is 0.847. The Hall–Kier alpha value is -3.54. The van der Waals surface area contributed by atoms with Crippen molar-refractivity contribution >= 4 is 0 Å². The summed E-state index contributed by atoms with van der Waals surface area (Å²) in [5.41, 5.74) is 2.76. The Morgan fingerprint density at radius 3 is 1.05 bits per heavy atom. The molecule has 0 aliphatic rings. The molecule has 0 spiro atoms. The standard InChI is InChI=1S/C8H10.C7H9N.C6H8N2.C5H7N3.C3H8.4C2H6/c1-2-8-6-4-3-5-7-8;1-2-7-3-5-8-6-4-7;1-2-6-7-4-3-5-8-6;1-2-5-7-3-6-4-8-5;1-3-2;4*1-2/h3-7H,2H2,1H3;3-6H,2H2,1H3;3-5H,2H2,1H3;3-4H,2H2,1H3;3H2,1-2H3;4*1-2H3. The highest BCUT2D eigenvalue weighted by molar-refractivity contribution is 5.13. The molecule has 0 unspecified atom stereocenters. The van der Waals surface area contributed by atoms with Crippen LogP contribution in [0, 0.1) is 0 Å². The molecule has 0 amide bonds. The zero-order chi connectivity index (χ0) is 34.0. The average Bonchev–Trinajstić information content (AvgIpc) is 3.14. The van der Waals surface area contributed by atoms with E-state index in [-0.39, 0.29) is 0 Å². The maximum absolute atomic E-state index is 3.99. The van der Waals surface area contributed by atoms with Gasteiger partial charge in [-0.05, 0) is 42.2 Å². The molecule has 0 atom stereocenters. The maximum Gasteiger partial charge on any atom is 0.131 e. The van der Waals surface area contributed by atoms with E-state index in [0.717, 1.165) is 37.3 Å². The van der Waals surface area contributed by atoms with Gasteiger partial charge in [0.05, 0.1) is 0 Å². The summed E-state index contributed by atoms with van der Waals surface area (Å²) in [5, 5.41) is 0. The summed E-state index contributed by atoms with van der Waals surface area (Å²) < 4.78 is 0. The van der Waals surface area contributed by atoms with Crippen molar-refractivity contribution in [3.05, 3.63) is 109 Å². The number of rotatable bonds is 4. The highest BCUT2D eigenvalue weighted by atomic mass is 15.0. The first-order valence-electron chi connectivity index (χ1n) is 16.4. The van der Waals surface area contributed by atoms with Crippen LogP contribution in [0.4, 0.5) is 0 Å². The Labute approximate surface area is 267 Å². The smallest absolute Gasteiger partial charge is 0.131 e. The first kappa shape index (κ1) is 49.2. The van der Waals surface area contributed by atoms with Crippen LogP contribution in [0.25, 0.3) is 0 Å². The Balaban J connectivity index is -0.000000135. The monoisotopic (exact) mass is 595 g/mol. The van der Waals surface area contributed by atoms with Gasteiger partial charge in [-0.1, -0.05) is 134 Å². The van der Waals surface area contributed by atoms with Crippen LogP contribution in [0.15, 0.2) is 86.0 Å². The fourth-order valence-corrected chi connectivity index (χ4v) is 2.29. The summed E-state index contributed by atoms with van der Waals surface area (Å²) in [6.07, 6.45) is 15.4. The van der Waals surface area contributed by atoms with Gasteiger partial charge < -0.3 is 0 Å². The largest absolute Gasteiger partial charge is 0.265 e.